The molecule has 1 atom stereocenters. The SMILES string of the molecule is Brc1nc2ccccc2cc1C1CNCCO1. The number of aromatic nitrogens is 1. The molecule has 3 nitrogen and oxygen atoms in total. The van der Waals surface area contributed by atoms with Gasteiger partial charge in [0, 0.05) is 24.0 Å². The standard InChI is InChI=1S/C13H13BrN2O/c14-13-10(12-8-15-5-6-17-12)7-9-3-1-2-4-11(9)16-13/h1-4,7,12,15H,5-6,8H2. The van der Waals surface area contributed by atoms with Gasteiger partial charge in [-0.1, -0.05) is 18.2 Å². The molecule has 0 bridgehead atoms. The minimum absolute atomic E-state index is 0.0928. The first-order valence-corrected chi connectivity index (χ1v) is 6.51. The van der Waals surface area contributed by atoms with Crippen LogP contribution in [-0.4, -0.2) is 24.7 Å². The van der Waals surface area contributed by atoms with Crippen LogP contribution in [0.1, 0.15) is 11.7 Å². The molecule has 3 rings (SSSR count). The maximum atomic E-state index is 5.76. The Kier molecular flexibility index (Phi) is 3.09. The van der Waals surface area contributed by atoms with Gasteiger partial charge in [0.15, 0.2) is 0 Å². The van der Waals surface area contributed by atoms with Gasteiger partial charge in [0.05, 0.1) is 18.2 Å². The Morgan fingerprint density at radius 3 is 3.06 bits per heavy atom. The van der Waals surface area contributed by atoms with E-state index in [0.29, 0.717) is 0 Å². The van der Waals surface area contributed by atoms with Gasteiger partial charge in [-0.25, -0.2) is 4.98 Å². The van der Waals surface area contributed by atoms with Gasteiger partial charge in [-0.3, -0.25) is 0 Å². The largest absolute Gasteiger partial charge is 0.371 e. The fourth-order valence-electron chi connectivity index (χ4n) is 2.10. The normalized spacial score (nSPS) is 20.6. The molecule has 4 heteroatoms. The second-order valence-corrected chi connectivity index (χ2v) is 4.88. The number of para-hydroxylation sites is 1. The van der Waals surface area contributed by atoms with Gasteiger partial charge < -0.3 is 10.1 Å². The molecule has 2 heterocycles. The van der Waals surface area contributed by atoms with E-state index in [0.717, 1.165) is 40.8 Å². The Balaban J connectivity index is 2.06. The first-order chi connectivity index (χ1) is 8.34. The average molecular weight is 293 g/mol. The summed E-state index contributed by atoms with van der Waals surface area (Å²) in [6.45, 7) is 2.53. The molecule has 88 valence electrons. The third-order valence-corrected chi connectivity index (χ3v) is 3.61. The van der Waals surface area contributed by atoms with Crippen molar-refractivity contribution in [2.24, 2.45) is 0 Å². The number of pyridine rings is 1. The van der Waals surface area contributed by atoms with Crippen molar-refractivity contribution in [2.45, 2.75) is 6.10 Å². The molecule has 1 aromatic carbocycles. The van der Waals surface area contributed by atoms with Crippen LogP contribution in [0.25, 0.3) is 10.9 Å². The molecule has 1 N–H and O–H groups in total. The molecule has 0 amide bonds. The first-order valence-electron chi connectivity index (χ1n) is 5.72. The number of fused-ring (bicyclic) bond motifs is 1. The lowest BCUT2D eigenvalue weighted by molar-refractivity contribution is 0.0271. The highest BCUT2D eigenvalue weighted by molar-refractivity contribution is 9.10. The predicted octanol–water partition coefficient (Wildman–Crippen LogP) is 2.66. The van der Waals surface area contributed by atoms with E-state index >= 15 is 0 Å². The summed E-state index contributed by atoms with van der Waals surface area (Å²) < 4.78 is 6.64. The molecule has 1 fully saturated rings. The van der Waals surface area contributed by atoms with Gasteiger partial charge in [0.1, 0.15) is 4.60 Å². The van der Waals surface area contributed by atoms with Crippen LogP contribution >= 0.6 is 15.9 Å². The molecule has 0 spiro atoms. The minimum Gasteiger partial charge on any atom is -0.371 e. The molecule has 1 aliphatic rings. The molecule has 0 aliphatic carbocycles. The van der Waals surface area contributed by atoms with E-state index in [-0.39, 0.29) is 6.10 Å². The molecule has 0 saturated carbocycles. The summed E-state index contributed by atoms with van der Waals surface area (Å²) >= 11 is 3.53. The summed E-state index contributed by atoms with van der Waals surface area (Å²) in [7, 11) is 0. The number of benzene rings is 1. The van der Waals surface area contributed by atoms with Crippen molar-refractivity contribution in [1.82, 2.24) is 10.3 Å². The van der Waals surface area contributed by atoms with Crippen LogP contribution in [0.3, 0.4) is 0 Å². The van der Waals surface area contributed by atoms with Crippen molar-refractivity contribution < 1.29 is 4.74 Å². The van der Waals surface area contributed by atoms with Crippen LogP contribution in [0.4, 0.5) is 0 Å². The van der Waals surface area contributed by atoms with E-state index in [9.17, 15) is 0 Å². The third-order valence-electron chi connectivity index (χ3n) is 2.98. The van der Waals surface area contributed by atoms with E-state index < -0.39 is 0 Å². The van der Waals surface area contributed by atoms with E-state index in [1.807, 2.05) is 18.2 Å². The van der Waals surface area contributed by atoms with Crippen LogP contribution in [0.15, 0.2) is 34.9 Å². The number of rotatable bonds is 1. The lowest BCUT2D eigenvalue weighted by atomic mass is 10.1. The predicted molar refractivity (Wildman–Crippen MR) is 71.0 cm³/mol. The Morgan fingerprint density at radius 2 is 2.24 bits per heavy atom. The van der Waals surface area contributed by atoms with Gasteiger partial charge in [0.25, 0.3) is 0 Å². The van der Waals surface area contributed by atoms with Gasteiger partial charge in [-0.05, 0) is 28.1 Å². The highest BCUT2D eigenvalue weighted by Gasteiger charge is 2.19. The van der Waals surface area contributed by atoms with Crippen LogP contribution in [0, 0.1) is 0 Å². The smallest absolute Gasteiger partial charge is 0.112 e. The molecule has 2 aromatic rings. The lowest BCUT2D eigenvalue weighted by Crippen LogP contribution is -2.33. The third kappa shape index (κ3) is 2.20. The quantitative estimate of drug-likeness (QED) is 0.821. The van der Waals surface area contributed by atoms with Crippen molar-refractivity contribution >= 4 is 26.8 Å². The van der Waals surface area contributed by atoms with Crippen molar-refractivity contribution in [1.29, 1.82) is 0 Å². The Morgan fingerprint density at radius 1 is 1.35 bits per heavy atom. The number of nitrogens with one attached hydrogen (secondary N) is 1. The molecule has 0 radical (unpaired) electrons. The van der Waals surface area contributed by atoms with Crippen molar-refractivity contribution in [3.63, 3.8) is 0 Å². The second-order valence-electron chi connectivity index (χ2n) is 4.12. The van der Waals surface area contributed by atoms with E-state index in [1.54, 1.807) is 0 Å². The number of nitrogens with zero attached hydrogens (tertiary/aromatic N) is 1. The zero-order chi connectivity index (χ0) is 11.7. The average Bonchev–Trinajstić information content (AvgIpc) is 2.39. The molecule has 1 unspecified atom stereocenters. The Hall–Kier alpha value is -0.970. The molecule has 1 aliphatic heterocycles. The molecule has 1 saturated heterocycles. The first kappa shape index (κ1) is 11.1. The molecule has 1 aromatic heterocycles. The van der Waals surface area contributed by atoms with Crippen LogP contribution in [0.2, 0.25) is 0 Å². The summed E-state index contributed by atoms with van der Waals surface area (Å²) in [5.41, 5.74) is 2.13. The summed E-state index contributed by atoms with van der Waals surface area (Å²) in [5, 5.41) is 4.49. The molecular weight excluding hydrogens is 280 g/mol. The summed E-state index contributed by atoms with van der Waals surface area (Å²) in [4.78, 5) is 4.56. The van der Waals surface area contributed by atoms with Gasteiger partial charge in [-0.2, -0.15) is 0 Å². The lowest BCUT2D eigenvalue weighted by Gasteiger charge is -2.24. The highest BCUT2D eigenvalue weighted by Crippen LogP contribution is 2.28. The number of halogens is 1. The van der Waals surface area contributed by atoms with Crippen LogP contribution in [0.5, 0.6) is 0 Å². The fourth-order valence-corrected chi connectivity index (χ4v) is 2.66. The van der Waals surface area contributed by atoms with Gasteiger partial charge in [0.2, 0.25) is 0 Å². The number of hydrogen-bond acceptors (Lipinski definition) is 3. The minimum atomic E-state index is 0.0928. The maximum absolute atomic E-state index is 5.76. The van der Waals surface area contributed by atoms with E-state index in [2.05, 4.69) is 38.4 Å². The Bertz CT molecular complexity index is 538. The number of hydrogen-bond donors (Lipinski definition) is 1. The second kappa shape index (κ2) is 4.72. The van der Waals surface area contributed by atoms with Crippen molar-refractivity contribution in [3.05, 3.63) is 40.5 Å². The zero-order valence-electron chi connectivity index (χ0n) is 9.32. The topological polar surface area (TPSA) is 34.2 Å². The highest BCUT2D eigenvalue weighted by atomic mass is 79.9. The van der Waals surface area contributed by atoms with E-state index in [4.69, 9.17) is 4.74 Å². The summed E-state index contributed by atoms with van der Waals surface area (Å²) in [5.74, 6) is 0. The Labute approximate surface area is 108 Å². The molecular formula is C13H13BrN2O. The number of morpholine rings is 1. The maximum Gasteiger partial charge on any atom is 0.112 e. The van der Waals surface area contributed by atoms with E-state index in [1.165, 1.54) is 0 Å². The van der Waals surface area contributed by atoms with Crippen molar-refractivity contribution in [3.8, 4) is 0 Å². The van der Waals surface area contributed by atoms with Crippen LogP contribution in [-0.2, 0) is 4.74 Å². The van der Waals surface area contributed by atoms with Crippen molar-refractivity contribution in [2.75, 3.05) is 19.7 Å². The number of ether oxygens (including phenoxy) is 1. The summed E-state index contributed by atoms with van der Waals surface area (Å²) in [6, 6.07) is 10.3. The van der Waals surface area contributed by atoms with Gasteiger partial charge in [-0.15, -0.1) is 0 Å². The van der Waals surface area contributed by atoms with Crippen LogP contribution < -0.4 is 5.32 Å². The zero-order valence-corrected chi connectivity index (χ0v) is 10.9. The van der Waals surface area contributed by atoms with Gasteiger partial charge >= 0.3 is 0 Å². The monoisotopic (exact) mass is 292 g/mol. The fraction of sp³-hybridized carbons (Fsp3) is 0.308. The summed E-state index contributed by atoms with van der Waals surface area (Å²) in [6.07, 6.45) is 0.0928. The molecule has 17 heavy (non-hydrogen) atoms.